The van der Waals surface area contributed by atoms with E-state index in [4.69, 9.17) is 11.0 Å². The lowest BCUT2D eigenvalue weighted by Gasteiger charge is -2.19. The van der Waals surface area contributed by atoms with Crippen molar-refractivity contribution in [2.45, 2.75) is 30.5 Å². The van der Waals surface area contributed by atoms with E-state index in [1.807, 2.05) is 6.07 Å². The van der Waals surface area contributed by atoms with E-state index in [1.54, 1.807) is 6.07 Å². The Kier molecular flexibility index (Phi) is 5.77. The van der Waals surface area contributed by atoms with Crippen molar-refractivity contribution < 1.29 is 17.6 Å². The average Bonchev–Trinajstić information content (AvgIpc) is 3.06. The van der Waals surface area contributed by atoms with Gasteiger partial charge in [0, 0.05) is 35.7 Å². The molecule has 0 spiro atoms. The highest BCUT2D eigenvalue weighted by molar-refractivity contribution is 7.90. The summed E-state index contributed by atoms with van der Waals surface area (Å²) in [5.41, 5.74) is 8.47. The van der Waals surface area contributed by atoms with E-state index in [1.165, 1.54) is 30.6 Å². The molecule has 0 fully saturated rings. The number of nitrogens with two attached hydrogens (primary N) is 1. The van der Waals surface area contributed by atoms with Gasteiger partial charge in [-0.15, -0.1) is 0 Å². The number of halogens is 1. The molecule has 0 bridgehead atoms. The summed E-state index contributed by atoms with van der Waals surface area (Å²) in [4.78, 5) is 16.4. The van der Waals surface area contributed by atoms with Crippen molar-refractivity contribution in [3.63, 3.8) is 0 Å². The number of aromatic nitrogens is 1. The van der Waals surface area contributed by atoms with Crippen LogP contribution in [0.4, 0.5) is 10.1 Å². The van der Waals surface area contributed by atoms with Crippen LogP contribution in [0.15, 0.2) is 52.8 Å². The molecule has 9 heteroatoms. The van der Waals surface area contributed by atoms with Crippen LogP contribution in [0.2, 0.25) is 0 Å². The maximum Gasteiger partial charge on any atom is 0.175 e. The Morgan fingerprint density at radius 3 is 2.72 bits per heavy atom. The summed E-state index contributed by atoms with van der Waals surface area (Å²) >= 11 is 0. The number of Topliss-reactive ketones (excluding diaryl/α,β-unsaturated/α-hetero) is 1. The number of nitriles is 1. The summed E-state index contributed by atoms with van der Waals surface area (Å²) in [6, 6.07) is 6.66. The Morgan fingerprint density at radius 2 is 2.07 bits per heavy atom. The fourth-order valence-corrected chi connectivity index (χ4v) is 4.27. The van der Waals surface area contributed by atoms with E-state index in [0.29, 0.717) is 23.4 Å². The predicted molar refractivity (Wildman–Crippen MR) is 105 cm³/mol. The third-order valence-electron chi connectivity index (χ3n) is 4.66. The molecule has 7 nitrogen and oxygen atoms in total. The third kappa shape index (κ3) is 4.34. The summed E-state index contributed by atoms with van der Waals surface area (Å²) in [5, 5.41) is 12.2. The minimum Gasteiger partial charge on any atom is -0.357 e. The zero-order chi connectivity index (χ0) is 21.2. The second kappa shape index (κ2) is 8.11. The van der Waals surface area contributed by atoms with Crippen molar-refractivity contribution >= 4 is 21.3 Å². The minimum atomic E-state index is -3.68. The van der Waals surface area contributed by atoms with Crippen molar-refractivity contribution in [3.05, 3.63) is 64.6 Å². The van der Waals surface area contributed by atoms with Gasteiger partial charge in [0.25, 0.3) is 0 Å². The van der Waals surface area contributed by atoms with Gasteiger partial charge in [0.1, 0.15) is 6.67 Å². The number of sulfone groups is 1. The second-order valence-corrected chi connectivity index (χ2v) is 8.75. The molecule has 29 heavy (non-hydrogen) atoms. The first-order chi connectivity index (χ1) is 13.7. The Labute approximate surface area is 168 Å². The van der Waals surface area contributed by atoms with Crippen LogP contribution in [-0.4, -0.2) is 25.4 Å². The number of hydrogen-bond acceptors (Lipinski definition) is 7. The standard InChI is InChI=1S/C20H19FN4O3S/c1-29(27,28)18-7-12(9-22)2-3-15(18)20(23)19-16(4-5-17(19)26)25-14-6-13(8-21)10-24-11-14/h2-3,6-7,10-11,20,25H,4-5,8,23H2,1H3. The fraction of sp³-hybridized carbons (Fsp3) is 0.250. The van der Waals surface area contributed by atoms with Crippen LogP contribution < -0.4 is 11.1 Å². The molecule has 150 valence electrons. The fourth-order valence-electron chi connectivity index (χ4n) is 3.31. The first-order valence-electron chi connectivity index (χ1n) is 8.77. The molecule has 3 N–H and O–H groups in total. The number of anilines is 1. The smallest absolute Gasteiger partial charge is 0.175 e. The van der Waals surface area contributed by atoms with Crippen molar-refractivity contribution in [2.24, 2.45) is 5.73 Å². The molecule has 3 rings (SSSR count). The van der Waals surface area contributed by atoms with Crippen LogP contribution in [0, 0.1) is 11.3 Å². The maximum absolute atomic E-state index is 12.9. The quantitative estimate of drug-likeness (QED) is 0.744. The summed E-state index contributed by atoms with van der Waals surface area (Å²) < 4.78 is 37.4. The second-order valence-electron chi connectivity index (χ2n) is 6.77. The van der Waals surface area contributed by atoms with Crippen molar-refractivity contribution in [3.8, 4) is 6.07 Å². The zero-order valence-corrected chi connectivity index (χ0v) is 16.5. The highest BCUT2D eigenvalue weighted by Crippen LogP contribution is 2.35. The Balaban J connectivity index is 2.06. The van der Waals surface area contributed by atoms with Gasteiger partial charge in [-0.3, -0.25) is 9.78 Å². The number of alkyl halides is 1. The van der Waals surface area contributed by atoms with Crippen LogP contribution in [0.3, 0.4) is 0 Å². The van der Waals surface area contributed by atoms with Gasteiger partial charge < -0.3 is 11.1 Å². The van der Waals surface area contributed by atoms with Crippen LogP contribution in [0.25, 0.3) is 0 Å². The van der Waals surface area contributed by atoms with E-state index >= 15 is 0 Å². The summed E-state index contributed by atoms with van der Waals surface area (Å²) in [6.45, 7) is -0.671. The van der Waals surface area contributed by atoms with Gasteiger partial charge in [-0.25, -0.2) is 12.8 Å². The molecule has 1 aromatic heterocycles. The Morgan fingerprint density at radius 1 is 1.31 bits per heavy atom. The van der Waals surface area contributed by atoms with Crippen molar-refractivity contribution in [1.82, 2.24) is 4.98 Å². The largest absolute Gasteiger partial charge is 0.357 e. The number of rotatable bonds is 6. The zero-order valence-electron chi connectivity index (χ0n) is 15.6. The van der Waals surface area contributed by atoms with Crippen LogP contribution in [0.1, 0.15) is 35.6 Å². The lowest BCUT2D eigenvalue weighted by molar-refractivity contribution is -0.115. The van der Waals surface area contributed by atoms with Crippen molar-refractivity contribution in [1.29, 1.82) is 5.26 Å². The molecule has 0 aliphatic heterocycles. The molecule has 1 aliphatic rings. The first-order valence-corrected chi connectivity index (χ1v) is 10.7. The summed E-state index contributed by atoms with van der Waals surface area (Å²) in [6.07, 6.45) is 4.55. The number of carbonyl (C=O) groups excluding carboxylic acids is 1. The minimum absolute atomic E-state index is 0.0864. The monoisotopic (exact) mass is 414 g/mol. The molecule has 0 radical (unpaired) electrons. The predicted octanol–water partition coefficient (Wildman–Crippen LogP) is 2.56. The van der Waals surface area contributed by atoms with Crippen LogP contribution >= 0.6 is 0 Å². The molecule has 0 saturated carbocycles. The lowest BCUT2D eigenvalue weighted by Crippen LogP contribution is -2.21. The third-order valence-corrected chi connectivity index (χ3v) is 5.81. The van der Waals surface area contributed by atoms with Crippen molar-refractivity contribution in [2.75, 3.05) is 11.6 Å². The molecular weight excluding hydrogens is 395 g/mol. The highest BCUT2D eigenvalue weighted by atomic mass is 32.2. The number of pyridine rings is 1. The van der Waals surface area contributed by atoms with Gasteiger partial charge in [0.2, 0.25) is 0 Å². The lowest BCUT2D eigenvalue weighted by atomic mass is 9.96. The molecule has 1 unspecified atom stereocenters. The van der Waals surface area contributed by atoms with E-state index in [2.05, 4.69) is 10.3 Å². The number of nitrogens with one attached hydrogen (secondary N) is 1. The van der Waals surface area contributed by atoms with Gasteiger partial charge in [-0.05, 0) is 30.2 Å². The number of carbonyl (C=O) groups is 1. The van der Waals surface area contributed by atoms with E-state index in [9.17, 15) is 17.6 Å². The van der Waals surface area contributed by atoms with Gasteiger partial charge >= 0.3 is 0 Å². The highest BCUT2D eigenvalue weighted by Gasteiger charge is 2.31. The molecule has 1 heterocycles. The number of ketones is 1. The number of nitrogens with zero attached hydrogens (tertiary/aromatic N) is 2. The average molecular weight is 414 g/mol. The molecule has 1 aromatic carbocycles. The number of hydrogen-bond donors (Lipinski definition) is 2. The van der Waals surface area contributed by atoms with E-state index in [-0.39, 0.29) is 33.8 Å². The Hall–Kier alpha value is -3.09. The van der Waals surface area contributed by atoms with Gasteiger partial charge in [0.05, 0.1) is 34.5 Å². The normalized spacial score (nSPS) is 15.3. The van der Waals surface area contributed by atoms with Gasteiger partial charge in [-0.1, -0.05) is 6.07 Å². The SMILES string of the molecule is CS(=O)(=O)c1cc(C#N)ccc1C(N)C1=C(Nc2cncc(CF)c2)CCC1=O. The van der Waals surface area contributed by atoms with E-state index < -0.39 is 22.6 Å². The summed E-state index contributed by atoms with van der Waals surface area (Å²) in [5.74, 6) is -0.196. The van der Waals surface area contributed by atoms with E-state index in [0.717, 1.165) is 6.26 Å². The van der Waals surface area contributed by atoms with Gasteiger partial charge in [0.15, 0.2) is 15.6 Å². The van der Waals surface area contributed by atoms with Crippen LogP contribution in [0.5, 0.6) is 0 Å². The molecular formula is C20H19FN4O3S. The molecule has 0 amide bonds. The first kappa shape index (κ1) is 20.6. The van der Waals surface area contributed by atoms with Crippen LogP contribution in [-0.2, 0) is 21.3 Å². The summed E-state index contributed by atoms with van der Waals surface area (Å²) in [7, 11) is -3.68. The molecule has 0 saturated heterocycles. The maximum atomic E-state index is 12.9. The molecule has 1 atom stereocenters. The topological polar surface area (TPSA) is 126 Å². The molecule has 1 aliphatic carbocycles. The number of benzene rings is 1. The number of allylic oxidation sites excluding steroid dienone is 1. The Bertz CT molecular complexity index is 1150. The van der Waals surface area contributed by atoms with Gasteiger partial charge in [-0.2, -0.15) is 5.26 Å². The molecule has 2 aromatic rings.